The predicted molar refractivity (Wildman–Crippen MR) is 111 cm³/mol. The van der Waals surface area contributed by atoms with Crippen molar-refractivity contribution >= 4 is 22.7 Å². The maximum atomic E-state index is 13.2. The number of nitrogens with one attached hydrogen (secondary N) is 1. The number of nitrogens with zero attached hydrogens (tertiary/aromatic N) is 4. The maximum Gasteiger partial charge on any atom is 0.270 e. The molecule has 1 N–H and O–H groups in total. The van der Waals surface area contributed by atoms with Gasteiger partial charge in [0.15, 0.2) is 0 Å². The van der Waals surface area contributed by atoms with E-state index < -0.39 is 0 Å². The Hall–Kier alpha value is -3.13. The molecule has 3 aromatic rings. The van der Waals surface area contributed by atoms with Gasteiger partial charge < -0.3 is 19.5 Å². The molecule has 0 radical (unpaired) electrons. The maximum absolute atomic E-state index is 13.2. The molecule has 0 saturated carbocycles. The molecule has 5 rings (SSSR count). The largest absolute Gasteiger partial charge is 0.369 e. The van der Waals surface area contributed by atoms with Crippen molar-refractivity contribution in [2.45, 2.75) is 25.4 Å². The normalized spacial score (nSPS) is 18.7. The summed E-state index contributed by atoms with van der Waals surface area (Å²) < 4.78 is 7.67. The van der Waals surface area contributed by atoms with Gasteiger partial charge in [-0.05, 0) is 31.0 Å². The zero-order valence-electron chi connectivity index (χ0n) is 16.8. The molecule has 2 aliphatic heterocycles. The molecule has 4 heterocycles. The summed E-state index contributed by atoms with van der Waals surface area (Å²) in [5, 5.41) is 5.43. The summed E-state index contributed by atoms with van der Waals surface area (Å²) in [5.74, 6) is -0.00759. The second kappa shape index (κ2) is 7.95. The molecule has 1 fully saturated rings. The van der Waals surface area contributed by atoms with Gasteiger partial charge in [0.1, 0.15) is 12.3 Å². The number of likely N-dealkylation sites (tertiary alicyclic amines) is 1. The van der Waals surface area contributed by atoms with Crippen molar-refractivity contribution in [1.29, 1.82) is 0 Å². The minimum absolute atomic E-state index is 0.0370. The first-order valence-corrected chi connectivity index (χ1v) is 10.4. The van der Waals surface area contributed by atoms with Gasteiger partial charge in [0.2, 0.25) is 5.91 Å². The number of ether oxygens (including phenoxy) is 1. The summed E-state index contributed by atoms with van der Waals surface area (Å²) in [4.78, 5) is 32.3. The second-order valence-corrected chi connectivity index (χ2v) is 7.98. The minimum Gasteiger partial charge on any atom is -0.369 e. The smallest absolute Gasteiger partial charge is 0.270 e. The molecule has 8 nitrogen and oxygen atoms in total. The first kappa shape index (κ1) is 18.9. The number of carbonyl (C=O) groups excluding carboxylic acids is 2. The van der Waals surface area contributed by atoms with Crippen LogP contribution in [0.2, 0.25) is 0 Å². The number of H-pyrrole nitrogens is 1. The zero-order chi connectivity index (χ0) is 20.5. The van der Waals surface area contributed by atoms with Gasteiger partial charge in [-0.25, -0.2) is 0 Å². The Bertz CT molecular complexity index is 1030. The lowest BCUT2D eigenvalue weighted by Crippen LogP contribution is -2.43. The summed E-state index contributed by atoms with van der Waals surface area (Å²) in [6.45, 7) is 3.04. The van der Waals surface area contributed by atoms with Crippen molar-refractivity contribution in [3.05, 3.63) is 54.0 Å². The highest BCUT2D eigenvalue weighted by Gasteiger charge is 2.30. The molecule has 30 heavy (non-hydrogen) atoms. The van der Waals surface area contributed by atoms with Crippen LogP contribution in [0.1, 0.15) is 35.1 Å². The van der Waals surface area contributed by atoms with Gasteiger partial charge in [0.25, 0.3) is 5.91 Å². The Labute approximate surface area is 174 Å². The Morgan fingerprint density at radius 2 is 1.97 bits per heavy atom. The van der Waals surface area contributed by atoms with Crippen molar-refractivity contribution in [3.8, 4) is 0 Å². The molecular weight excluding hydrogens is 382 g/mol. The number of hydrogen-bond acceptors (Lipinski definition) is 4. The molecule has 0 spiro atoms. The van der Waals surface area contributed by atoms with E-state index in [-0.39, 0.29) is 24.5 Å². The minimum atomic E-state index is -0.122. The average Bonchev–Trinajstić information content (AvgIpc) is 3.52. The molecule has 2 aromatic heterocycles. The van der Waals surface area contributed by atoms with Crippen molar-refractivity contribution in [1.82, 2.24) is 24.6 Å². The molecule has 2 amide bonds. The SMILES string of the molecule is O=C(COC[C@H]1CN(C(=O)c2cc3ccccc3[nH]2)Cc2ccnn21)N1CCCC1. The lowest BCUT2D eigenvalue weighted by atomic mass is 10.2. The summed E-state index contributed by atoms with van der Waals surface area (Å²) >= 11 is 0. The van der Waals surface area contributed by atoms with Crippen LogP contribution in [0.3, 0.4) is 0 Å². The highest BCUT2D eigenvalue weighted by Crippen LogP contribution is 2.24. The standard InChI is InChI=1S/C22H25N5O3/c28-21(25-9-3-4-10-25)15-30-14-18-13-26(12-17-7-8-23-27(17)18)22(29)20-11-16-5-1-2-6-19(16)24-20/h1-2,5-8,11,18,24H,3-4,9-10,12-15H2/t18-/m1/s1. The van der Waals surface area contributed by atoms with Gasteiger partial charge >= 0.3 is 0 Å². The van der Waals surface area contributed by atoms with Crippen molar-refractivity contribution in [2.24, 2.45) is 0 Å². The molecule has 156 valence electrons. The Morgan fingerprint density at radius 3 is 2.80 bits per heavy atom. The lowest BCUT2D eigenvalue weighted by molar-refractivity contribution is -0.135. The van der Waals surface area contributed by atoms with Crippen LogP contribution in [0, 0.1) is 0 Å². The van der Waals surface area contributed by atoms with Crippen LogP contribution in [0.15, 0.2) is 42.6 Å². The van der Waals surface area contributed by atoms with Crippen LogP contribution < -0.4 is 0 Å². The number of fused-ring (bicyclic) bond motifs is 2. The second-order valence-electron chi connectivity index (χ2n) is 7.98. The number of benzene rings is 1. The predicted octanol–water partition coefficient (Wildman–Crippen LogP) is 2.20. The van der Waals surface area contributed by atoms with Gasteiger partial charge in [-0.15, -0.1) is 0 Å². The van der Waals surface area contributed by atoms with Gasteiger partial charge in [-0.2, -0.15) is 5.10 Å². The topological polar surface area (TPSA) is 83.5 Å². The van der Waals surface area contributed by atoms with E-state index in [0.29, 0.717) is 25.4 Å². The van der Waals surface area contributed by atoms with E-state index in [1.807, 2.05) is 50.9 Å². The highest BCUT2D eigenvalue weighted by molar-refractivity contribution is 5.98. The van der Waals surface area contributed by atoms with E-state index in [2.05, 4.69) is 10.1 Å². The quantitative estimate of drug-likeness (QED) is 0.703. The van der Waals surface area contributed by atoms with Crippen molar-refractivity contribution in [3.63, 3.8) is 0 Å². The zero-order valence-corrected chi connectivity index (χ0v) is 16.8. The van der Waals surface area contributed by atoms with Crippen molar-refractivity contribution in [2.75, 3.05) is 32.8 Å². The molecular formula is C22H25N5O3. The number of aromatic amines is 1. The van der Waals surface area contributed by atoms with Crippen LogP contribution >= 0.6 is 0 Å². The van der Waals surface area contributed by atoms with Gasteiger partial charge in [0.05, 0.1) is 24.9 Å². The number of carbonyl (C=O) groups is 2. The van der Waals surface area contributed by atoms with E-state index >= 15 is 0 Å². The highest BCUT2D eigenvalue weighted by atomic mass is 16.5. The van der Waals surface area contributed by atoms with E-state index in [9.17, 15) is 9.59 Å². The number of para-hydroxylation sites is 1. The Balaban J connectivity index is 1.27. The van der Waals surface area contributed by atoms with Crippen molar-refractivity contribution < 1.29 is 14.3 Å². The molecule has 1 aromatic carbocycles. The van der Waals surface area contributed by atoms with Gasteiger partial charge in [0, 0.05) is 36.7 Å². The van der Waals surface area contributed by atoms with Crippen LogP contribution in [0.4, 0.5) is 0 Å². The molecule has 0 unspecified atom stereocenters. The lowest BCUT2D eigenvalue weighted by Gasteiger charge is -2.33. The first-order chi connectivity index (χ1) is 14.7. The van der Waals surface area contributed by atoms with Crippen LogP contribution in [-0.4, -0.2) is 69.2 Å². The van der Waals surface area contributed by atoms with Crippen LogP contribution in [0.25, 0.3) is 10.9 Å². The summed E-state index contributed by atoms with van der Waals surface area (Å²) in [6, 6.07) is 11.6. The van der Waals surface area contributed by atoms with E-state index in [1.165, 1.54) is 0 Å². The fourth-order valence-electron chi connectivity index (χ4n) is 4.36. The number of amides is 2. The third kappa shape index (κ3) is 3.59. The van der Waals surface area contributed by atoms with E-state index in [0.717, 1.165) is 42.5 Å². The van der Waals surface area contributed by atoms with Crippen LogP contribution in [-0.2, 0) is 16.1 Å². The molecule has 1 atom stereocenters. The molecule has 8 heteroatoms. The third-order valence-electron chi connectivity index (χ3n) is 5.92. The first-order valence-electron chi connectivity index (χ1n) is 10.4. The summed E-state index contributed by atoms with van der Waals surface area (Å²) in [6.07, 6.45) is 3.88. The third-order valence-corrected chi connectivity index (χ3v) is 5.92. The Morgan fingerprint density at radius 1 is 1.13 bits per heavy atom. The monoisotopic (exact) mass is 407 g/mol. The molecule has 2 aliphatic rings. The van der Waals surface area contributed by atoms with Crippen LogP contribution in [0.5, 0.6) is 0 Å². The number of rotatable bonds is 5. The number of hydrogen-bond donors (Lipinski definition) is 1. The fourth-order valence-corrected chi connectivity index (χ4v) is 4.36. The van der Waals surface area contributed by atoms with Gasteiger partial charge in [-0.1, -0.05) is 18.2 Å². The van der Waals surface area contributed by atoms with E-state index in [1.54, 1.807) is 6.20 Å². The van der Waals surface area contributed by atoms with Gasteiger partial charge in [-0.3, -0.25) is 14.3 Å². The fraction of sp³-hybridized carbons (Fsp3) is 0.409. The Kier molecular flexibility index (Phi) is 5.00. The molecule has 0 bridgehead atoms. The molecule has 0 aliphatic carbocycles. The average molecular weight is 407 g/mol. The van der Waals surface area contributed by atoms with E-state index in [4.69, 9.17) is 4.74 Å². The molecule has 1 saturated heterocycles. The summed E-state index contributed by atoms with van der Waals surface area (Å²) in [7, 11) is 0. The summed E-state index contributed by atoms with van der Waals surface area (Å²) in [5.41, 5.74) is 2.49. The number of aromatic nitrogens is 3.